The van der Waals surface area contributed by atoms with E-state index in [1.54, 1.807) is 12.1 Å². The van der Waals surface area contributed by atoms with Crippen molar-refractivity contribution in [2.75, 3.05) is 26.3 Å². The Balaban J connectivity index is 1.50. The van der Waals surface area contributed by atoms with Gasteiger partial charge in [0.2, 0.25) is 10.0 Å². The minimum Gasteiger partial charge on any atom is -0.489 e. The average Bonchev–Trinajstić information content (AvgIpc) is 3.04. The molecule has 0 bridgehead atoms. The Bertz CT molecular complexity index is 1120. The molecule has 10 heteroatoms. The van der Waals surface area contributed by atoms with Crippen molar-refractivity contribution in [2.45, 2.75) is 37.1 Å². The van der Waals surface area contributed by atoms with Crippen LogP contribution in [0.25, 0.3) is 0 Å². The third kappa shape index (κ3) is 4.98. The summed E-state index contributed by atoms with van der Waals surface area (Å²) in [6.07, 6.45) is 3.40. The molecular formula is C22H24Cl2N2O5S. The zero-order valence-electron chi connectivity index (χ0n) is 17.4. The highest BCUT2D eigenvalue weighted by atomic mass is 35.5. The number of piperidine rings is 1. The molecule has 2 heterocycles. The van der Waals surface area contributed by atoms with E-state index < -0.39 is 15.9 Å². The summed E-state index contributed by atoms with van der Waals surface area (Å²) in [7, 11) is -3.76. The molecule has 172 valence electrons. The molecule has 0 aliphatic carbocycles. The van der Waals surface area contributed by atoms with Gasteiger partial charge in [-0.05, 0) is 48.7 Å². The van der Waals surface area contributed by atoms with E-state index in [-0.39, 0.29) is 22.0 Å². The van der Waals surface area contributed by atoms with Gasteiger partial charge in [-0.15, -0.1) is 0 Å². The van der Waals surface area contributed by atoms with Crippen LogP contribution in [0, 0.1) is 0 Å². The quantitative estimate of drug-likeness (QED) is 0.665. The summed E-state index contributed by atoms with van der Waals surface area (Å²) in [5, 5.41) is 3.31. The van der Waals surface area contributed by atoms with Gasteiger partial charge in [0, 0.05) is 31.6 Å². The molecule has 2 aromatic carbocycles. The van der Waals surface area contributed by atoms with Crippen molar-refractivity contribution in [1.29, 1.82) is 0 Å². The summed E-state index contributed by atoms with van der Waals surface area (Å²) in [5.74, 6) is 0.630. The Labute approximate surface area is 197 Å². The number of nitrogens with one attached hydrogen (secondary N) is 1. The second kappa shape index (κ2) is 9.87. The first-order valence-corrected chi connectivity index (χ1v) is 12.7. The van der Waals surface area contributed by atoms with Gasteiger partial charge in [0.15, 0.2) is 11.5 Å². The van der Waals surface area contributed by atoms with Crippen LogP contribution >= 0.6 is 23.2 Å². The zero-order valence-corrected chi connectivity index (χ0v) is 19.7. The fourth-order valence-electron chi connectivity index (χ4n) is 3.76. The molecule has 2 aliphatic rings. The fraction of sp³-hybridized carbons (Fsp3) is 0.409. The number of nitrogens with zero attached hydrogens (tertiary/aromatic N) is 1. The van der Waals surface area contributed by atoms with Crippen molar-refractivity contribution in [3.05, 3.63) is 51.5 Å². The van der Waals surface area contributed by atoms with Crippen molar-refractivity contribution >= 4 is 39.1 Å². The molecule has 1 N–H and O–H groups in total. The molecule has 32 heavy (non-hydrogen) atoms. The summed E-state index contributed by atoms with van der Waals surface area (Å²) >= 11 is 12.5. The maximum atomic E-state index is 13.0. The van der Waals surface area contributed by atoms with Gasteiger partial charge < -0.3 is 14.8 Å². The second-order valence-electron chi connectivity index (χ2n) is 7.75. The van der Waals surface area contributed by atoms with Gasteiger partial charge in [-0.2, -0.15) is 4.31 Å². The molecule has 0 spiro atoms. The predicted octanol–water partition coefficient (Wildman–Crippen LogP) is 4.26. The number of benzene rings is 2. The van der Waals surface area contributed by atoms with Gasteiger partial charge in [0.25, 0.3) is 5.91 Å². The largest absolute Gasteiger partial charge is 0.489 e. The number of hydrogen-bond acceptors (Lipinski definition) is 5. The number of carbonyl (C=O) groups is 1. The van der Waals surface area contributed by atoms with Crippen molar-refractivity contribution in [3.8, 4) is 11.5 Å². The summed E-state index contributed by atoms with van der Waals surface area (Å²) in [6, 6.07) is 7.78. The van der Waals surface area contributed by atoms with Gasteiger partial charge >= 0.3 is 0 Å². The van der Waals surface area contributed by atoms with Crippen molar-refractivity contribution < 1.29 is 22.7 Å². The predicted molar refractivity (Wildman–Crippen MR) is 122 cm³/mol. The van der Waals surface area contributed by atoms with Crippen LogP contribution in [0.1, 0.15) is 41.6 Å². The van der Waals surface area contributed by atoms with E-state index in [2.05, 4.69) is 5.32 Å². The van der Waals surface area contributed by atoms with Crippen LogP contribution in [0.3, 0.4) is 0 Å². The summed E-state index contributed by atoms with van der Waals surface area (Å²) in [4.78, 5) is 12.7. The first kappa shape index (κ1) is 23.2. The Kier molecular flexibility index (Phi) is 7.14. The Morgan fingerprint density at radius 3 is 2.50 bits per heavy atom. The van der Waals surface area contributed by atoms with Crippen molar-refractivity contribution in [3.63, 3.8) is 0 Å². The van der Waals surface area contributed by atoms with Gasteiger partial charge in [0.05, 0.1) is 23.3 Å². The maximum Gasteiger partial charge on any atom is 0.251 e. The number of fused-ring (bicyclic) bond motifs is 1. The van der Waals surface area contributed by atoms with Gasteiger partial charge in [0.1, 0.15) is 4.90 Å². The standard InChI is InChI=1S/C22H24Cl2N2O5S/c23-17-6-5-16(13-20(17)32(28,29)26-7-2-1-3-8-26)22(27)25-14-15-11-18(24)21-19(12-15)30-9-4-10-31-21/h5-6,11-13H,1-4,7-10,14H2,(H,25,27). The Morgan fingerprint density at radius 1 is 0.969 bits per heavy atom. The van der Waals surface area contributed by atoms with E-state index in [4.69, 9.17) is 32.7 Å². The highest BCUT2D eigenvalue weighted by Gasteiger charge is 2.28. The normalized spacial score (nSPS) is 16.9. The van der Waals surface area contributed by atoms with Crippen LogP contribution in [-0.4, -0.2) is 44.9 Å². The third-order valence-corrected chi connectivity index (χ3v) is 8.10. The van der Waals surface area contributed by atoms with Crippen LogP contribution in [-0.2, 0) is 16.6 Å². The lowest BCUT2D eigenvalue weighted by molar-refractivity contribution is 0.0950. The van der Waals surface area contributed by atoms with E-state index in [0.717, 1.165) is 31.2 Å². The minimum atomic E-state index is -3.76. The molecule has 1 saturated heterocycles. The second-order valence-corrected chi connectivity index (χ2v) is 10.5. The minimum absolute atomic E-state index is 0.0488. The lowest BCUT2D eigenvalue weighted by atomic mass is 10.1. The van der Waals surface area contributed by atoms with Crippen LogP contribution in [0.5, 0.6) is 11.5 Å². The SMILES string of the molecule is O=C(NCc1cc(Cl)c2c(c1)OCCCO2)c1ccc(Cl)c(S(=O)(=O)N2CCCCC2)c1. The molecule has 2 aromatic rings. The summed E-state index contributed by atoms with van der Waals surface area (Å²) in [5.41, 5.74) is 0.952. The molecule has 4 rings (SSSR count). The van der Waals surface area contributed by atoms with E-state index in [1.807, 2.05) is 0 Å². The van der Waals surface area contributed by atoms with Crippen molar-refractivity contribution in [1.82, 2.24) is 9.62 Å². The fourth-order valence-corrected chi connectivity index (χ4v) is 6.06. The van der Waals surface area contributed by atoms with Gasteiger partial charge in [-0.1, -0.05) is 29.6 Å². The topological polar surface area (TPSA) is 84.9 Å². The maximum absolute atomic E-state index is 13.0. The monoisotopic (exact) mass is 498 g/mol. The number of sulfonamides is 1. The molecule has 0 atom stereocenters. The highest BCUT2D eigenvalue weighted by molar-refractivity contribution is 7.89. The number of halogens is 2. The Morgan fingerprint density at radius 2 is 1.72 bits per heavy atom. The lowest BCUT2D eigenvalue weighted by Gasteiger charge is -2.26. The van der Waals surface area contributed by atoms with E-state index in [0.29, 0.717) is 42.8 Å². The molecule has 1 fully saturated rings. The van der Waals surface area contributed by atoms with Crippen LogP contribution in [0.15, 0.2) is 35.2 Å². The number of hydrogen-bond donors (Lipinski definition) is 1. The van der Waals surface area contributed by atoms with E-state index in [1.165, 1.54) is 22.5 Å². The molecule has 2 aliphatic heterocycles. The molecule has 0 unspecified atom stereocenters. The van der Waals surface area contributed by atoms with E-state index >= 15 is 0 Å². The number of amides is 1. The molecule has 1 amide bonds. The van der Waals surface area contributed by atoms with Gasteiger partial charge in [-0.25, -0.2) is 8.42 Å². The molecule has 0 aromatic heterocycles. The van der Waals surface area contributed by atoms with Crippen molar-refractivity contribution in [2.24, 2.45) is 0 Å². The molecule has 7 nitrogen and oxygen atoms in total. The Hall–Kier alpha value is -2.00. The third-order valence-electron chi connectivity index (χ3n) is 5.44. The van der Waals surface area contributed by atoms with Crippen LogP contribution in [0.2, 0.25) is 10.0 Å². The summed E-state index contributed by atoms with van der Waals surface area (Å²) in [6.45, 7) is 2.16. The number of ether oxygens (including phenoxy) is 2. The first-order valence-electron chi connectivity index (χ1n) is 10.5. The highest BCUT2D eigenvalue weighted by Crippen LogP contribution is 2.38. The van der Waals surface area contributed by atoms with Crippen LogP contribution < -0.4 is 14.8 Å². The van der Waals surface area contributed by atoms with E-state index in [9.17, 15) is 13.2 Å². The lowest BCUT2D eigenvalue weighted by Crippen LogP contribution is -2.36. The van der Waals surface area contributed by atoms with Gasteiger partial charge in [-0.3, -0.25) is 4.79 Å². The molecule has 0 radical (unpaired) electrons. The summed E-state index contributed by atoms with van der Waals surface area (Å²) < 4.78 is 38.8. The number of rotatable bonds is 5. The molecule has 0 saturated carbocycles. The number of carbonyl (C=O) groups excluding carboxylic acids is 1. The average molecular weight is 499 g/mol. The smallest absolute Gasteiger partial charge is 0.251 e. The molecular weight excluding hydrogens is 475 g/mol. The van der Waals surface area contributed by atoms with Crippen LogP contribution in [0.4, 0.5) is 0 Å². The zero-order chi connectivity index (χ0) is 22.7. The first-order chi connectivity index (χ1) is 15.4.